The third-order valence-corrected chi connectivity index (χ3v) is 2.51. The van der Waals surface area contributed by atoms with E-state index in [9.17, 15) is 4.79 Å². The maximum Gasteiger partial charge on any atom is 0.308 e. The zero-order valence-corrected chi connectivity index (χ0v) is 7.18. The van der Waals surface area contributed by atoms with Gasteiger partial charge in [-0.25, -0.2) is 0 Å². The molecule has 0 radical (unpaired) electrons. The molecular formula is C9H12N2O2. The van der Waals surface area contributed by atoms with Gasteiger partial charge in [-0.2, -0.15) is 0 Å². The largest absolute Gasteiger partial charge is 0.481 e. The number of aromatic nitrogens is 1. The van der Waals surface area contributed by atoms with Crippen LogP contribution in [0.2, 0.25) is 0 Å². The molecule has 2 rings (SSSR count). The van der Waals surface area contributed by atoms with Crippen molar-refractivity contribution >= 4 is 5.97 Å². The molecule has 1 aromatic rings. The summed E-state index contributed by atoms with van der Waals surface area (Å²) in [6.45, 7) is 0. The van der Waals surface area contributed by atoms with Gasteiger partial charge in [0.25, 0.3) is 0 Å². The summed E-state index contributed by atoms with van der Waals surface area (Å²) in [7, 11) is 0. The number of hydrogen-bond donors (Lipinski definition) is 2. The number of carboxylic acids is 1. The highest BCUT2D eigenvalue weighted by Gasteiger charge is 2.36. The lowest BCUT2D eigenvalue weighted by molar-refractivity contribution is -0.145. The molecule has 2 atom stereocenters. The van der Waals surface area contributed by atoms with E-state index in [1.807, 2.05) is 24.5 Å². The Bertz CT molecular complexity index is 295. The van der Waals surface area contributed by atoms with Crippen molar-refractivity contribution in [2.75, 3.05) is 5.43 Å². The van der Waals surface area contributed by atoms with E-state index in [-0.39, 0.29) is 12.0 Å². The quantitative estimate of drug-likeness (QED) is 0.726. The predicted octanol–water partition coefficient (Wildman–Crippen LogP) is 0.895. The van der Waals surface area contributed by atoms with Crippen molar-refractivity contribution in [3.63, 3.8) is 0 Å². The Labute approximate surface area is 76.1 Å². The van der Waals surface area contributed by atoms with Crippen LogP contribution in [-0.4, -0.2) is 21.8 Å². The molecule has 13 heavy (non-hydrogen) atoms. The molecule has 1 fully saturated rings. The van der Waals surface area contributed by atoms with E-state index in [0.29, 0.717) is 0 Å². The highest BCUT2D eigenvalue weighted by Crippen LogP contribution is 2.28. The van der Waals surface area contributed by atoms with Crippen molar-refractivity contribution in [3.05, 3.63) is 24.5 Å². The standard InChI is InChI=1S/C9H12N2O2/c12-9(13)7-3-4-8(7)10-11-5-1-2-6-11/h1-2,5-8,10H,3-4H2,(H,12,13). The van der Waals surface area contributed by atoms with Crippen molar-refractivity contribution < 1.29 is 9.90 Å². The molecule has 1 heterocycles. The van der Waals surface area contributed by atoms with E-state index >= 15 is 0 Å². The minimum atomic E-state index is -0.698. The zero-order valence-electron chi connectivity index (χ0n) is 7.18. The summed E-state index contributed by atoms with van der Waals surface area (Å²) in [5.41, 5.74) is 3.13. The molecular weight excluding hydrogens is 168 g/mol. The van der Waals surface area contributed by atoms with E-state index < -0.39 is 5.97 Å². The number of nitrogens with one attached hydrogen (secondary N) is 1. The van der Waals surface area contributed by atoms with Crippen molar-refractivity contribution in [1.29, 1.82) is 0 Å². The van der Waals surface area contributed by atoms with Crippen molar-refractivity contribution in [2.45, 2.75) is 18.9 Å². The first-order chi connectivity index (χ1) is 6.27. The fourth-order valence-electron chi connectivity index (χ4n) is 1.56. The second-order valence-corrected chi connectivity index (χ2v) is 3.35. The number of carbonyl (C=O) groups is 1. The smallest absolute Gasteiger partial charge is 0.308 e. The Morgan fingerprint density at radius 1 is 1.38 bits per heavy atom. The van der Waals surface area contributed by atoms with Crippen LogP contribution < -0.4 is 5.43 Å². The van der Waals surface area contributed by atoms with Crippen LogP contribution in [0.1, 0.15) is 12.8 Å². The summed E-state index contributed by atoms with van der Waals surface area (Å²) >= 11 is 0. The molecule has 1 aromatic heterocycles. The van der Waals surface area contributed by atoms with Gasteiger partial charge in [-0.3, -0.25) is 9.47 Å². The number of hydrogen-bond acceptors (Lipinski definition) is 2. The Hall–Kier alpha value is -1.45. The maximum atomic E-state index is 10.7. The lowest BCUT2D eigenvalue weighted by Gasteiger charge is -2.34. The first-order valence-electron chi connectivity index (χ1n) is 4.39. The molecule has 2 unspecified atom stereocenters. The topological polar surface area (TPSA) is 54.3 Å². The molecule has 0 aromatic carbocycles. The lowest BCUT2D eigenvalue weighted by atomic mass is 9.80. The Morgan fingerprint density at radius 3 is 2.54 bits per heavy atom. The predicted molar refractivity (Wildman–Crippen MR) is 47.9 cm³/mol. The van der Waals surface area contributed by atoms with Gasteiger partial charge in [0.05, 0.1) is 12.0 Å². The van der Waals surface area contributed by atoms with Crippen LogP contribution in [0.25, 0.3) is 0 Å². The van der Waals surface area contributed by atoms with Crippen LogP contribution >= 0.6 is 0 Å². The fraction of sp³-hybridized carbons (Fsp3) is 0.444. The minimum absolute atomic E-state index is 0.0879. The first-order valence-corrected chi connectivity index (χ1v) is 4.39. The average Bonchev–Trinajstić information content (AvgIpc) is 2.48. The molecule has 1 aliphatic rings. The summed E-state index contributed by atoms with van der Waals surface area (Å²) in [6, 6.07) is 3.90. The van der Waals surface area contributed by atoms with Crippen LogP contribution in [0.5, 0.6) is 0 Å². The number of aliphatic carboxylic acids is 1. The molecule has 4 nitrogen and oxygen atoms in total. The molecule has 0 aliphatic heterocycles. The van der Waals surface area contributed by atoms with Crippen LogP contribution in [0.4, 0.5) is 0 Å². The summed E-state index contributed by atoms with van der Waals surface area (Å²) in [4.78, 5) is 10.7. The SMILES string of the molecule is O=C(O)C1CCC1Nn1cccc1. The normalized spacial score (nSPS) is 26.5. The second-order valence-electron chi connectivity index (χ2n) is 3.35. The van der Waals surface area contributed by atoms with Crippen molar-refractivity contribution in [3.8, 4) is 0 Å². The lowest BCUT2D eigenvalue weighted by Crippen LogP contribution is -2.45. The summed E-state index contributed by atoms with van der Waals surface area (Å²) < 4.78 is 1.81. The summed E-state index contributed by atoms with van der Waals surface area (Å²) in [5.74, 6) is -0.918. The Balaban J connectivity index is 1.93. The van der Waals surface area contributed by atoms with Gasteiger partial charge in [0.1, 0.15) is 0 Å². The second kappa shape index (κ2) is 3.12. The van der Waals surface area contributed by atoms with Gasteiger partial charge in [0.15, 0.2) is 0 Å². The van der Waals surface area contributed by atoms with Crippen LogP contribution in [0, 0.1) is 5.92 Å². The van der Waals surface area contributed by atoms with E-state index in [1.54, 1.807) is 4.68 Å². The minimum Gasteiger partial charge on any atom is -0.481 e. The maximum absolute atomic E-state index is 10.7. The summed E-state index contributed by atoms with van der Waals surface area (Å²) in [5, 5.41) is 8.78. The Morgan fingerprint density at radius 2 is 2.08 bits per heavy atom. The highest BCUT2D eigenvalue weighted by atomic mass is 16.4. The molecule has 70 valence electrons. The molecule has 0 amide bonds. The molecule has 0 bridgehead atoms. The van der Waals surface area contributed by atoms with Gasteiger partial charge < -0.3 is 10.5 Å². The van der Waals surface area contributed by atoms with Crippen LogP contribution in [0.3, 0.4) is 0 Å². The van der Waals surface area contributed by atoms with E-state index in [2.05, 4.69) is 5.43 Å². The van der Waals surface area contributed by atoms with Crippen LogP contribution in [-0.2, 0) is 4.79 Å². The van der Waals surface area contributed by atoms with E-state index in [0.717, 1.165) is 12.8 Å². The van der Waals surface area contributed by atoms with Gasteiger partial charge in [0, 0.05) is 12.4 Å². The van der Waals surface area contributed by atoms with Gasteiger partial charge in [-0.15, -0.1) is 0 Å². The summed E-state index contributed by atoms with van der Waals surface area (Å²) in [6.07, 6.45) is 5.47. The van der Waals surface area contributed by atoms with Gasteiger partial charge in [0.2, 0.25) is 0 Å². The zero-order chi connectivity index (χ0) is 9.26. The molecule has 1 saturated carbocycles. The number of nitrogens with zero attached hydrogens (tertiary/aromatic N) is 1. The molecule has 0 saturated heterocycles. The highest BCUT2D eigenvalue weighted by molar-refractivity contribution is 5.72. The first kappa shape index (κ1) is 8.16. The third kappa shape index (κ3) is 1.52. The number of carboxylic acid groups (broad SMARTS) is 1. The van der Waals surface area contributed by atoms with Crippen molar-refractivity contribution in [2.24, 2.45) is 5.92 Å². The molecule has 4 heteroatoms. The molecule has 2 N–H and O–H groups in total. The molecule has 1 aliphatic carbocycles. The van der Waals surface area contributed by atoms with Gasteiger partial charge in [-0.1, -0.05) is 0 Å². The monoisotopic (exact) mass is 180 g/mol. The van der Waals surface area contributed by atoms with E-state index in [4.69, 9.17) is 5.11 Å². The fourth-order valence-corrected chi connectivity index (χ4v) is 1.56. The average molecular weight is 180 g/mol. The van der Waals surface area contributed by atoms with E-state index in [1.165, 1.54) is 0 Å². The Kier molecular flexibility index (Phi) is 1.96. The van der Waals surface area contributed by atoms with Gasteiger partial charge >= 0.3 is 5.97 Å². The molecule has 0 spiro atoms. The third-order valence-electron chi connectivity index (χ3n) is 2.51. The van der Waals surface area contributed by atoms with Crippen molar-refractivity contribution in [1.82, 2.24) is 4.68 Å². The number of rotatable bonds is 3. The van der Waals surface area contributed by atoms with Crippen LogP contribution in [0.15, 0.2) is 24.5 Å². The van der Waals surface area contributed by atoms with Gasteiger partial charge in [-0.05, 0) is 25.0 Å².